The van der Waals surface area contributed by atoms with Gasteiger partial charge in [-0.25, -0.2) is 0 Å². The summed E-state index contributed by atoms with van der Waals surface area (Å²) in [5, 5.41) is 2.89. The summed E-state index contributed by atoms with van der Waals surface area (Å²) in [5.41, 5.74) is 0.370. The summed E-state index contributed by atoms with van der Waals surface area (Å²) in [6, 6.07) is 0. The van der Waals surface area contributed by atoms with Gasteiger partial charge in [0, 0.05) is 13.0 Å². The Hall–Kier alpha value is -0.990. The molecule has 1 aliphatic heterocycles. The van der Waals surface area contributed by atoms with Crippen molar-refractivity contribution in [2.45, 2.75) is 26.2 Å². The molecule has 0 radical (unpaired) electrons. The molecule has 0 aromatic heterocycles. The highest BCUT2D eigenvalue weighted by Crippen LogP contribution is 2.44. The van der Waals surface area contributed by atoms with E-state index in [-0.39, 0.29) is 5.91 Å². The van der Waals surface area contributed by atoms with E-state index in [9.17, 15) is 4.79 Å². The van der Waals surface area contributed by atoms with Crippen LogP contribution in [0.5, 0.6) is 0 Å². The molecule has 1 aliphatic carbocycles. The molecule has 13 heavy (non-hydrogen) atoms. The van der Waals surface area contributed by atoms with Crippen molar-refractivity contribution in [3.8, 4) is 0 Å². The number of hydrogen-bond acceptors (Lipinski definition) is 2. The third kappa shape index (κ3) is 2.02. The summed E-state index contributed by atoms with van der Waals surface area (Å²) in [6.07, 6.45) is 5.17. The highest BCUT2D eigenvalue weighted by molar-refractivity contribution is 5.91. The Balaban J connectivity index is 1.78. The van der Waals surface area contributed by atoms with Gasteiger partial charge in [0.2, 0.25) is 0 Å². The third-order valence-corrected chi connectivity index (χ3v) is 2.71. The van der Waals surface area contributed by atoms with Crippen molar-refractivity contribution >= 4 is 5.91 Å². The topological polar surface area (TPSA) is 38.3 Å². The first-order valence-electron chi connectivity index (χ1n) is 4.81. The van der Waals surface area contributed by atoms with E-state index < -0.39 is 0 Å². The van der Waals surface area contributed by atoms with Crippen molar-refractivity contribution in [3.05, 3.63) is 11.8 Å². The number of rotatable bonds is 3. The maximum Gasteiger partial charge on any atom is 0.286 e. The van der Waals surface area contributed by atoms with Gasteiger partial charge >= 0.3 is 0 Å². The Morgan fingerprint density at radius 2 is 2.46 bits per heavy atom. The van der Waals surface area contributed by atoms with Crippen LogP contribution >= 0.6 is 0 Å². The second kappa shape index (κ2) is 3.05. The molecule has 0 unspecified atom stereocenters. The molecule has 1 amide bonds. The predicted molar refractivity (Wildman–Crippen MR) is 49.0 cm³/mol. The lowest BCUT2D eigenvalue weighted by Gasteiger charge is -2.10. The van der Waals surface area contributed by atoms with Crippen molar-refractivity contribution in [3.63, 3.8) is 0 Å². The van der Waals surface area contributed by atoms with Crippen LogP contribution in [0.3, 0.4) is 0 Å². The van der Waals surface area contributed by atoms with Crippen molar-refractivity contribution in [1.82, 2.24) is 5.32 Å². The molecule has 1 N–H and O–H groups in total. The van der Waals surface area contributed by atoms with Gasteiger partial charge in [0.05, 0.1) is 6.61 Å². The van der Waals surface area contributed by atoms with Gasteiger partial charge in [0.15, 0.2) is 5.76 Å². The van der Waals surface area contributed by atoms with Gasteiger partial charge < -0.3 is 10.1 Å². The van der Waals surface area contributed by atoms with Gasteiger partial charge in [-0.15, -0.1) is 0 Å². The normalized spacial score (nSPS) is 23.3. The minimum Gasteiger partial charge on any atom is -0.488 e. The van der Waals surface area contributed by atoms with Crippen LogP contribution in [0.4, 0.5) is 0 Å². The van der Waals surface area contributed by atoms with Crippen LogP contribution in [0.15, 0.2) is 11.8 Å². The van der Waals surface area contributed by atoms with Gasteiger partial charge in [0.25, 0.3) is 5.91 Å². The van der Waals surface area contributed by atoms with Crippen LogP contribution in [0.2, 0.25) is 0 Å². The molecule has 3 nitrogen and oxygen atoms in total. The largest absolute Gasteiger partial charge is 0.488 e. The second-order valence-electron chi connectivity index (χ2n) is 4.20. The molecule has 0 bridgehead atoms. The Morgan fingerprint density at radius 3 is 3.00 bits per heavy atom. The zero-order valence-electron chi connectivity index (χ0n) is 7.93. The van der Waals surface area contributed by atoms with E-state index in [1.54, 1.807) is 0 Å². The van der Waals surface area contributed by atoms with Gasteiger partial charge in [0.1, 0.15) is 0 Å². The summed E-state index contributed by atoms with van der Waals surface area (Å²) in [6.45, 7) is 3.63. The predicted octanol–water partition coefficient (Wildman–Crippen LogP) is 1.21. The minimum atomic E-state index is -0.0503. The fourth-order valence-corrected chi connectivity index (χ4v) is 1.35. The molecule has 2 aliphatic rings. The quantitative estimate of drug-likeness (QED) is 0.710. The summed E-state index contributed by atoms with van der Waals surface area (Å²) < 4.78 is 5.15. The van der Waals surface area contributed by atoms with Crippen LogP contribution in [0.25, 0.3) is 0 Å². The first-order valence-corrected chi connectivity index (χ1v) is 4.81. The summed E-state index contributed by atoms with van der Waals surface area (Å²) in [4.78, 5) is 11.4. The number of carbonyl (C=O) groups excluding carboxylic acids is 1. The maximum absolute atomic E-state index is 11.4. The lowest BCUT2D eigenvalue weighted by atomic mass is 10.1. The Morgan fingerprint density at radius 1 is 1.69 bits per heavy atom. The second-order valence-corrected chi connectivity index (χ2v) is 4.20. The highest BCUT2D eigenvalue weighted by Gasteiger charge is 2.37. The minimum absolute atomic E-state index is 0.0503. The molecule has 0 aromatic carbocycles. The molecule has 0 saturated heterocycles. The summed E-state index contributed by atoms with van der Waals surface area (Å²) in [5.74, 6) is 0.454. The fraction of sp³-hybridized carbons (Fsp3) is 0.700. The van der Waals surface area contributed by atoms with E-state index in [0.717, 1.165) is 13.0 Å². The zero-order chi connectivity index (χ0) is 9.31. The summed E-state index contributed by atoms with van der Waals surface area (Å²) >= 11 is 0. The van der Waals surface area contributed by atoms with Crippen molar-refractivity contribution in [2.75, 3.05) is 13.2 Å². The van der Waals surface area contributed by atoms with Crippen LogP contribution in [0.1, 0.15) is 26.2 Å². The average molecular weight is 181 g/mol. The smallest absolute Gasteiger partial charge is 0.286 e. The number of nitrogens with one attached hydrogen (secondary N) is 1. The van der Waals surface area contributed by atoms with Gasteiger partial charge in [-0.1, -0.05) is 6.92 Å². The molecule has 0 spiro atoms. The lowest BCUT2D eigenvalue weighted by Crippen LogP contribution is -2.30. The first-order chi connectivity index (χ1) is 6.20. The molecule has 0 aromatic rings. The Bertz CT molecular complexity index is 254. The molecule has 0 atom stereocenters. The van der Waals surface area contributed by atoms with Gasteiger partial charge in [-0.2, -0.15) is 0 Å². The monoisotopic (exact) mass is 181 g/mol. The molecule has 3 heteroatoms. The standard InChI is InChI=1S/C10H15NO2/c1-10(4-5-10)7-11-9(12)8-3-2-6-13-8/h3H,2,4-7H2,1H3,(H,11,12). The van der Waals surface area contributed by atoms with E-state index in [4.69, 9.17) is 4.74 Å². The first kappa shape index (κ1) is 8.60. The number of hydrogen-bond donors (Lipinski definition) is 1. The number of carbonyl (C=O) groups is 1. The fourth-order valence-electron chi connectivity index (χ4n) is 1.35. The van der Waals surface area contributed by atoms with Crippen LogP contribution in [-0.2, 0) is 9.53 Å². The highest BCUT2D eigenvalue weighted by atomic mass is 16.5. The number of ether oxygens (including phenoxy) is 1. The zero-order valence-corrected chi connectivity index (χ0v) is 7.93. The number of amides is 1. The van der Waals surface area contributed by atoms with Crippen molar-refractivity contribution in [2.24, 2.45) is 5.41 Å². The molecule has 1 fully saturated rings. The van der Waals surface area contributed by atoms with Crippen molar-refractivity contribution < 1.29 is 9.53 Å². The van der Waals surface area contributed by atoms with Crippen LogP contribution < -0.4 is 5.32 Å². The van der Waals surface area contributed by atoms with Crippen molar-refractivity contribution in [1.29, 1.82) is 0 Å². The van der Waals surface area contributed by atoms with E-state index >= 15 is 0 Å². The van der Waals surface area contributed by atoms with E-state index in [0.29, 0.717) is 17.8 Å². The van der Waals surface area contributed by atoms with Crippen LogP contribution in [0, 0.1) is 5.41 Å². The van der Waals surface area contributed by atoms with Gasteiger partial charge in [-0.3, -0.25) is 4.79 Å². The van der Waals surface area contributed by atoms with E-state index in [1.807, 2.05) is 6.08 Å². The third-order valence-electron chi connectivity index (χ3n) is 2.71. The molecule has 72 valence electrons. The van der Waals surface area contributed by atoms with E-state index in [2.05, 4.69) is 12.2 Å². The molecular weight excluding hydrogens is 166 g/mol. The average Bonchev–Trinajstić information content (AvgIpc) is 2.69. The molecule has 1 heterocycles. The Kier molecular flexibility index (Phi) is 2.02. The van der Waals surface area contributed by atoms with E-state index in [1.165, 1.54) is 12.8 Å². The lowest BCUT2D eigenvalue weighted by molar-refractivity contribution is -0.120. The molecule has 2 rings (SSSR count). The molecule has 1 saturated carbocycles. The molecular formula is C10H15NO2. The van der Waals surface area contributed by atoms with Crippen LogP contribution in [-0.4, -0.2) is 19.1 Å². The van der Waals surface area contributed by atoms with Gasteiger partial charge in [-0.05, 0) is 24.3 Å². The Labute approximate surface area is 78.1 Å². The summed E-state index contributed by atoms with van der Waals surface area (Å²) in [7, 11) is 0. The maximum atomic E-state index is 11.4. The SMILES string of the molecule is CC1(CNC(=O)C2=CCCO2)CC1.